The fraction of sp³-hybridized carbons (Fsp3) is 0.316. The lowest BCUT2D eigenvalue weighted by atomic mass is 10.1. The molecule has 27 heavy (non-hydrogen) atoms. The average Bonchev–Trinajstić information content (AvgIpc) is 3.45. The summed E-state index contributed by atoms with van der Waals surface area (Å²) in [4.78, 5) is 17.9. The van der Waals surface area contributed by atoms with Crippen LogP contribution in [0.1, 0.15) is 28.8 Å². The van der Waals surface area contributed by atoms with Crippen LogP contribution in [0.15, 0.2) is 30.3 Å². The Morgan fingerprint density at radius 1 is 1.37 bits per heavy atom. The van der Waals surface area contributed by atoms with E-state index in [0.29, 0.717) is 0 Å². The Hall–Kier alpha value is -1.42. The number of carbonyl (C=O) groups is 1. The molecule has 3 rings (SSSR count). The summed E-state index contributed by atoms with van der Waals surface area (Å²) in [5.74, 6) is -0.952. The maximum Gasteiger partial charge on any atom is 0.277 e. The first-order chi connectivity index (χ1) is 12.9. The van der Waals surface area contributed by atoms with Gasteiger partial charge in [-0.3, -0.25) is 9.63 Å². The van der Waals surface area contributed by atoms with Crippen LogP contribution in [0.2, 0.25) is 5.02 Å². The van der Waals surface area contributed by atoms with E-state index in [1.54, 1.807) is 0 Å². The van der Waals surface area contributed by atoms with E-state index < -0.39 is 17.8 Å². The van der Waals surface area contributed by atoms with Crippen molar-refractivity contribution in [2.75, 3.05) is 11.9 Å². The fourth-order valence-corrected chi connectivity index (χ4v) is 3.50. The lowest BCUT2D eigenvalue weighted by Crippen LogP contribution is -2.33. The maximum absolute atomic E-state index is 14.0. The van der Waals surface area contributed by atoms with Crippen LogP contribution in [0.4, 0.5) is 15.8 Å². The quantitative estimate of drug-likeness (QED) is 0.382. The zero-order valence-electron chi connectivity index (χ0n) is 14.6. The summed E-state index contributed by atoms with van der Waals surface area (Å²) in [6, 6.07) is 8.17. The van der Waals surface area contributed by atoms with Gasteiger partial charge in [-0.15, -0.1) is 0 Å². The van der Waals surface area contributed by atoms with Crippen molar-refractivity contribution >= 4 is 51.5 Å². The summed E-state index contributed by atoms with van der Waals surface area (Å²) in [6.45, 7) is 1.74. The van der Waals surface area contributed by atoms with Crippen LogP contribution in [-0.4, -0.2) is 23.7 Å². The van der Waals surface area contributed by atoms with Crippen LogP contribution < -0.4 is 10.8 Å². The largest absolute Gasteiger partial charge is 0.394 e. The molecule has 0 heterocycles. The summed E-state index contributed by atoms with van der Waals surface area (Å²) in [6.07, 6.45) is 1.48. The number of hydroxylamine groups is 1. The second-order valence-corrected chi connectivity index (χ2v) is 8.16. The van der Waals surface area contributed by atoms with Gasteiger partial charge in [0.2, 0.25) is 0 Å². The minimum Gasteiger partial charge on any atom is -0.394 e. The van der Waals surface area contributed by atoms with Gasteiger partial charge in [-0.05, 0) is 84.2 Å². The minimum absolute atomic E-state index is 0.145. The van der Waals surface area contributed by atoms with Gasteiger partial charge in [-0.1, -0.05) is 11.6 Å². The first kappa shape index (κ1) is 20.3. The van der Waals surface area contributed by atoms with E-state index in [2.05, 4.69) is 33.4 Å². The van der Waals surface area contributed by atoms with Crippen molar-refractivity contribution in [2.45, 2.75) is 25.9 Å². The number of benzene rings is 2. The van der Waals surface area contributed by atoms with Gasteiger partial charge in [0.1, 0.15) is 11.9 Å². The van der Waals surface area contributed by atoms with Gasteiger partial charge in [0.05, 0.1) is 22.9 Å². The van der Waals surface area contributed by atoms with Gasteiger partial charge in [0, 0.05) is 9.26 Å². The Balaban J connectivity index is 1.82. The number of hydrogen-bond acceptors (Lipinski definition) is 4. The molecule has 0 bridgehead atoms. The highest BCUT2D eigenvalue weighted by molar-refractivity contribution is 14.1. The second-order valence-electron chi connectivity index (χ2n) is 6.50. The standard InChI is InChI=1S/C19H19ClFIN2O3/c1-10-6-12(22)4-5-16(10)23-17-8-15(21)14(20)7-13(17)19(26)24-27-18(9-25)11-2-3-11/h4-8,11,18,23,25H,2-3,9H2,1H3,(H,24,26). The summed E-state index contributed by atoms with van der Waals surface area (Å²) in [7, 11) is 0. The molecule has 1 fully saturated rings. The van der Waals surface area contributed by atoms with Gasteiger partial charge in [0.25, 0.3) is 5.91 Å². The Labute approximate surface area is 175 Å². The number of halogens is 3. The highest BCUT2D eigenvalue weighted by Gasteiger charge is 2.32. The molecule has 0 saturated heterocycles. The van der Waals surface area contributed by atoms with Crippen LogP contribution in [0.25, 0.3) is 0 Å². The van der Waals surface area contributed by atoms with E-state index in [0.717, 1.165) is 27.7 Å². The highest BCUT2D eigenvalue weighted by atomic mass is 127. The van der Waals surface area contributed by atoms with Crippen LogP contribution in [0.5, 0.6) is 0 Å². The monoisotopic (exact) mass is 504 g/mol. The Morgan fingerprint density at radius 3 is 2.74 bits per heavy atom. The van der Waals surface area contributed by atoms with E-state index in [1.165, 1.54) is 12.1 Å². The number of amides is 1. The Kier molecular flexibility index (Phi) is 6.56. The van der Waals surface area contributed by atoms with Gasteiger partial charge in [-0.25, -0.2) is 9.87 Å². The zero-order valence-corrected chi connectivity index (χ0v) is 17.5. The van der Waals surface area contributed by atoms with Crippen LogP contribution >= 0.6 is 34.2 Å². The molecule has 0 spiro atoms. The van der Waals surface area contributed by atoms with E-state index in [-0.39, 0.29) is 28.8 Å². The van der Waals surface area contributed by atoms with Gasteiger partial charge >= 0.3 is 0 Å². The van der Waals surface area contributed by atoms with Crippen molar-refractivity contribution in [3.05, 3.63) is 55.9 Å². The lowest BCUT2D eigenvalue weighted by Gasteiger charge is -2.17. The Morgan fingerprint density at radius 2 is 2.11 bits per heavy atom. The molecule has 8 heteroatoms. The third kappa shape index (κ3) is 5.10. The first-order valence-electron chi connectivity index (χ1n) is 8.48. The number of hydrogen-bond donors (Lipinski definition) is 3. The molecule has 0 aromatic heterocycles. The molecule has 0 aliphatic heterocycles. The SMILES string of the molecule is Cc1cc(I)ccc1Nc1cc(F)c(Cl)cc1C(=O)NOC(CO)C1CC1. The fourth-order valence-electron chi connectivity index (χ4n) is 2.69. The smallest absolute Gasteiger partial charge is 0.277 e. The van der Waals surface area contributed by atoms with Crippen molar-refractivity contribution in [3.63, 3.8) is 0 Å². The molecule has 0 radical (unpaired) electrons. The van der Waals surface area contributed by atoms with Crippen LogP contribution in [0.3, 0.4) is 0 Å². The van der Waals surface area contributed by atoms with Crippen molar-refractivity contribution in [1.82, 2.24) is 5.48 Å². The first-order valence-corrected chi connectivity index (χ1v) is 9.93. The molecule has 1 aliphatic rings. The van der Waals surface area contributed by atoms with Crippen LogP contribution in [-0.2, 0) is 4.84 Å². The zero-order chi connectivity index (χ0) is 19.6. The molecular weight excluding hydrogens is 486 g/mol. The molecule has 3 N–H and O–H groups in total. The maximum atomic E-state index is 14.0. The molecule has 1 saturated carbocycles. The van der Waals surface area contributed by atoms with E-state index in [9.17, 15) is 14.3 Å². The second kappa shape index (κ2) is 8.72. The van der Waals surface area contributed by atoms with Crippen molar-refractivity contribution in [1.29, 1.82) is 0 Å². The molecule has 2 aromatic carbocycles. The summed E-state index contributed by atoms with van der Waals surface area (Å²) in [5, 5.41) is 12.3. The van der Waals surface area contributed by atoms with Crippen LogP contribution in [0, 0.1) is 22.2 Å². The molecule has 1 unspecified atom stereocenters. The van der Waals surface area contributed by atoms with E-state index in [1.807, 2.05) is 25.1 Å². The number of rotatable bonds is 7. The molecule has 144 valence electrons. The normalized spacial score (nSPS) is 14.7. The molecule has 1 atom stereocenters. The van der Waals surface area contributed by atoms with E-state index in [4.69, 9.17) is 16.4 Å². The molecule has 1 aliphatic carbocycles. The molecule has 2 aromatic rings. The number of carbonyl (C=O) groups excluding carboxylic acids is 1. The van der Waals surface area contributed by atoms with Gasteiger partial charge < -0.3 is 10.4 Å². The number of aryl methyl sites for hydroxylation is 1. The number of aliphatic hydroxyl groups excluding tert-OH is 1. The van der Waals surface area contributed by atoms with Crippen molar-refractivity contribution < 1.29 is 19.1 Å². The Bertz CT molecular complexity index is 861. The topological polar surface area (TPSA) is 70.6 Å². The van der Waals surface area contributed by atoms with Gasteiger partial charge in [-0.2, -0.15) is 0 Å². The minimum atomic E-state index is -0.633. The number of aliphatic hydroxyl groups is 1. The van der Waals surface area contributed by atoms with Gasteiger partial charge in [0.15, 0.2) is 0 Å². The third-order valence-electron chi connectivity index (χ3n) is 4.39. The molecule has 5 nitrogen and oxygen atoms in total. The predicted molar refractivity (Wildman–Crippen MR) is 111 cm³/mol. The van der Waals surface area contributed by atoms with Crippen molar-refractivity contribution in [2.24, 2.45) is 5.92 Å². The third-order valence-corrected chi connectivity index (χ3v) is 5.35. The van der Waals surface area contributed by atoms with E-state index >= 15 is 0 Å². The number of nitrogens with one attached hydrogen (secondary N) is 2. The highest BCUT2D eigenvalue weighted by Crippen LogP contribution is 2.34. The molecular formula is C19H19ClFIN2O3. The average molecular weight is 505 g/mol. The van der Waals surface area contributed by atoms with Crippen molar-refractivity contribution in [3.8, 4) is 0 Å². The summed E-state index contributed by atoms with van der Waals surface area (Å²) >= 11 is 8.08. The number of anilines is 2. The molecule has 1 amide bonds. The lowest BCUT2D eigenvalue weighted by molar-refractivity contribution is -0.0496. The predicted octanol–water partition coefficient (Wildman–Crippen LogP) is 4.57. The summed E-state index contributed by atoms with van der Waals surface area (Å²) < 4.78 is 15.1. The summed E-state index contributed by atoms with van der Waals surface area (Å²) in [5.41, 5.74) is 4.47.